The van der Waals surface area contributed by atoms with Crippen molar-refractivity contribution in [1.29, 1.82) is 0 Å². The molecule has 2 aromatic rings. The van der Waals surface area contributed by atoms with Crippen LogP contribution in [-0.4, -0.2) is 29.5 Å². The summed E-state index contributed by atoms with van der Waals surface area (Å²) in [6.07, 6.45) is 1.69. The number of thioether (sulfide) groups is 1. The lowest BCUT2D eigenvalue weighted by molar-refractivity contribution is 0.398. The van der Waals surface area contributed by atoms with Crippen molar-refractivity contribution in [3.8, 4) is 5.88 Å². The molecule has 0 saturated carbocycles. The van der Waals surface area contributed by atoms with Gasteiger partial charge in [0.1, 0.15) is 0 Å². The first kappa shape index (κ1) is 17.6. The van der Waals surface area contributed by atoms with Gasteiger partial charge in [0.25, 0.3) is 0 Å². The van der Waals surface area contributed by atoms with Crippen molar-refractivity contribution in [2.75, 3.05) is 24.7 Å². The average molecular weight is 348 g/mol. The van der Waals surface area contributed by atoms with Crippen molar-refractivity contribution in [2.45, 2.75) is 12.7 Å². The third-order valence-electron chi connectivity index (χ3n) is 3.25. The van der Waals surface area contributed by atoms with E-state index in [1.807, 2.05) is 17.8 Å². The Hall–Kier alpha value is -1.79. The number of benzene rings is 1. The molecule has 4 nitrogen and oxygen atoms in total. The number of hydrogen-bond donors (Lipinski definition) is 2. The average Bonchev–Trinajstić information content (AvgIpc) is 2.57. The SMILES string of the molecule is COc1ccc(NC(=S)NCCSCc2ccccc2C)cn1. The first-order valence-corrected chi connectivity index (χ1v) is 8.92. The maximum Gasteiger partial charge on any atom is 0.213 e. The second-order valence-corrected chi connectivity index (χ2v) is 6.46. The molecule has 0 aliphatic rings. The lowest BCUT2D eigenvalue weighted by atomic mass is 10.1. The largest absolute Gasteiger partial charge is 0.481 e. The fourth-order valence-electron chi connectivity index (χ4n) is 1.94. The molecule has 23 heavy (non-hydrogen) atoms. The molecule has 0 spiro atoms. The van der Waals surface area contributed by atoms with Crippen LogP contribution in [0, 0.1) is 6.92 Å². The number of hydrogen-bond acceptors (Lipinski definition) is 4. The molecule has 0 atom stereocenters. The van der Waals surface area contributed by atoms with Crippen LogP contribution in [0.4, 0.5) is 5.69 Å². The predicted molar refractivity (Wildman–Crippen MR) is 102 cm³/mol. The summed E-state index contributed by atoms with van der Waals surface area (Å²) in [5, 5.41) is 6.91. The second-order valence-electron chi connectivity index (χ2n) is 4.95. The van der Waals surface area contributed by atoms with Crippen LogP contribution < -0.4 is 15.4 Å². The molecule has 0 bridgehead atoms. The van der Waals surface area contributed by atoms with E-state index in [9.17, 15) is 0 Å². The van der Waals surface area contributed by atoms with E-state index in [0.717, 1.165) is 23.7 Å². The van der Waals surface area contributed by atoms with E-state index in [-0.39, 0.29) is 0 Å². The zero-order valence-electron chi connectivity index (χ0n) is 13.3. The fraction of sp³-hybridized carbons (Fsp3) is 0.294. The summed E-state index contributed by atoms with van der Waals surface area (Å²) in [5.41, 5.74) is 3.58. The maximum atomic E-state index is 5.27. The van der Waals surface area contributed by atoms with Gasteiger partial charge in [-0.15, -0.1) is 0 Å². The highest BCUT2D eigenvalue weighted by atomic mass is 32.2. The quantitative estimate of drug-likeness (QED) is 0.589. The molecule has 2 N–H and O–H groups in total. The van der Waals surface area contributed by atoms with Gasteiger partial charge in [0.15, 0.2) is 5.11 Å². The topological polar surface area (TPSA) is 46.2 Å². The molecule has 6 heteroatoms. The molecule has 0 radical (unpaired) electrons. The van der Waals surface area contributed by atoms with Crippen LogP contribution in [0.15, 0.2) is 42.6 Å². The van der Waals surface area contributed by atoms with Gasteiger partial charge in [0.2, 0.25) is 5.88 Å². The van der Waals surface area contributed by atoms with Crippen molar-refractivity contribution in [3.05, 3.63) is 53.7 Å². The number of thiocarbonyl (C=S) groups is 1. The molecular weight excluding hydrogens is 326 g/mol. The smallest absolute Gasteiger partial charge is 0.213 e. The summed E-state index contributed by atoms with van der Waals surface area (Å²) in [6.45, 7) is 2.97. The van der Waals surface area contributed by atoms with Gasteiger partial charge in [0, 0.05) is 24.1 Å². The second kappa shape index (κ2) is 9.37. The lowest BCUT2D eigenvalue weighted by Crippen LogP contribution is -2.30. The Bertz CT molecular complexity index is 632. The van der Waals surface area contributed by atoms with E-state index >= 15 is 0 Å². The standard InChI is InChI=1S/C17H21N3OS2/c1-13-5-3-4-6-14(13)12-23-10-9-18-17(22)20-15-7-8-16(21-2)19-11-15/h3-8,11H,9-10,12H2,1-2H3,(H2,18,20,22). The monoisotopic (exact) mass is 347 g/mol. The highest BCUT2D eigenvalue weighted by Crippen LogP contribution is 2.15. The van der Waals surface area contributed by atoms with E-state index in [1.54, 1.807) is 19.4 Å². The summed E-state index contributed by atoms with van der Waals surface area (Å²) in [7, 11) is 1.59. The van der Waals surface area contributed by atoms with Crippen molar-refractivity contribution < 1.29 is 4.74 Å². The minimum atomic E-state index is 0.585. The molecule has 0 amide bonds. The number of rotatable bonds is 7. The Morgan fingerprint density at radius 1 is 1.26 bits per heavy atom. The molecule has 0 fully saturated rings. The minimum Gasteiger partial charge on any atom is -0.481 e. The van der Waals surface area contributed by atoms with Crippen LogP contribution in [0.5, 0.6) is 5.88 Å². The fourth-order valence-corrected chi connectivity index (χ4v) is 3.10. The van der Waals surface area contributed by atoms with Gasteiger partial charge in [-0.25, -0.2) is 4.98 Å². The van der Waals surface area contributed by atoms with Crippen molar-refractivity contribution in [3.63, 3.8) is 0 Å². The van der Waals surface area contributed by atoms with Gasteiger partial charge in [-0.2, -0.15) is 11.8 Å². The molecule has 0 aliphatic carbocycles. The van der Waals surface area contributed by atoms with E-state index in [0.29, 0.717) is 11.0 Å². The molecular formula is C17H21N3OS2. The van der Waals surface area contributed by atoms with Crippen LogP contribution >= 0.6 is 24.0 Å². The number of pyridine rings is 1. The first-order valence-electron chi connectivity index (χ1n) is 7.36. The number of ether oxygens (including phenoxy) is 1. The Morgan fingerprint density at radius 2 is 2.09 bits per heavy atom. The molecule has 0 unspecified atom stereocenters. The zero-order chi connectivity index (χ0) is 16.5. The summed E-state index contributed by atoms with van der Waals surface area (Å²) >= 11 is 7.17. The van der Waals surface area contributed by atoms with Crippen LogP contribution in [0.25, 0.3) is 0 Å². The third-order valence-corrected chi connectivity index (χ3v) is 4.51. The van der Waals surface area contributed by atoms with Crippen molar-refractivity contribution >= 4 is 34.8 Å². The first-order chi connectivity index (χ1) is 11.2. The molecule has 122 valence electrons. The van der Waals surface area contributed by atoms with E-state index in [1.165, 1.54) is 11.1 Å². The summed E-state index contributed by atoms with van der Waals surface area (Å²) < 4.78 is 5.02. The van der Waals surface area contributed by atoms with E-state index in [2.05, 4.69) is 46.8 Å². The Labute approximate surface area is 147 Å². The summed E-state index contributed by atoms with van der Waals surface area (Å²) in [6, 6.07) is 12.2. The van der Waals surface area contributed by atoms with Crippen molar-refractivity contribution in [2.24, 2.45) is 0 Å². The number of nitrogens with one attached hydrogen (secondary N) is 2. The van der Waals surface area contributed by atoms with Gasteiger partial charge in [-0.05, 0) is 36.3 Å². The molecule has 2 rings (SSSR count). The highest BCUT2D eigenvalue weighted by Gasteiger charge is 2.00. The lowest BCUT2D eigenvalue weighted by Gasteiger charge is -2.10. The zero-order valence-corrected chi connectivity index (χ0v) is 15.0. The van der Waals surface area contributed by atoms with Crippen molar-refractivity contribution in [1.82, 2.24) is 10.3 Å². The molecule has 0 saturated heterocycles. The molecule has 1 aromatic heterocycles. The molecule has 0 aliphatic heterocycles. The van der Waals surface area contributed by atoms with Gasteiger partial charge in [0.05, 0.1) is 19.0 Å². The Balaban J connectivity index is 1.64. The number of nitrogens with zero attached hydrogens (tertiary/aromatic N) is 1. The Kier molecular flexibility index (Phi) is 7.16. The van der Waals surface area contributed by atoms with Crippen LogP contribution in [0.1, 0.15) is 11.1 Å². The van der Waals surface area contributed by atoms with Gasteiger partial charge in [-0.3, -0.25) is 0 Å². The minimum absolute atomic E-state index is 0.585. The van der Waals surface area contributed by atoms with Crippen LogP contribution in [-0.2, 0) is 5.75 Å². The van der Waals surface area contributed by atoms with E-state index in [4.69, 9.17) is 17.0 Å². The molecule has 1 heterocycles. The summed E-state index contributed by atoms with van der Waals surface area (Å²) in [5.74, 6) is 2.61. The van der Waals surface area contributed by atoms with Gasteiger partial charge < -0.3 is 15.4 Å². The highest BCUT2D eigenvalue weighted by molar-refractivity contribution is 7.98. The van der Waals surface area contributed by atoms with Crippen LogP contribution in [0.3, 0.4) is 0 Å². The van der Waals surface area contributed by atoms with Gasteiger partial charge in [-0.1, -0.05) is 24.3 Å². The molecule has 1 aromatic carbocycles. The predicted octanol–water partition coefficient (Wildman–Crippen LogP) is 3.62. The summed E-state index contributed by atoms with van der Waals surface area (Å²) in [4.78, 5) is 4.13. The number of aryl methyl sites for hydroxylation is 1. The maximum absolute atomic E-state index is 5.27. The van der Waals surface area contributed by atoms with Gasteiger partial charge >= 0.3 is 0 Å². The third kappa shape index (κ3) is 6.08. The number of methoxy groups -OCH3 is 1. The van der Waals surface area contributed by atoms with E-state index < -0.39 is 0 Å². The Morgan fingerprint density at radius 3 is 2.78 bits per heavy atom. The number of anilines is 1. The number of aromatic nitrogens is 1. The normalized spacial score (nSPS) is 10.2. The van der Waals surface area contributed by atoms with Crippen LogP contribution in [0.2, 0.25) is 0 Å².